The summed E-state index contributed by atoms with van der Waals surface area (Å²) in [5.41, 5.74) is -0.273. The Balaban J connectivity index is 0.000000644. The highest BCUT2D eigenvalue weighted by molar-refractivity contribution is 5.89. The van der Waals surface area contributed by atoms with Crippen molar-refractivity contribution in [2.75, 3.05) is 26.1 Å². The largest absolute Gasteiger partial charge is 0.493 e. The van der Waals surface area contributed by atoms with Crippen LogP contribution in [0.2, 0.25) is 0 Å². The van der Waals surface area contributed by atoms with Crippen molar-refractivity contribution in [1.29, 1.82) is 0 Å². The molecule has 2 saturated carbocycles. The Morgan fingerprint density at radius 1 is 0.915 bits per heavy atom. The van der Waals surface area contributed by atoms with Gasteiger partial charge in [-0.15, -0.1) is 0 Å². The molecule has 3 atom stereocenters. The Labute approximate surface area is 267 Å². The zero-order valence-corrected chi connectivity index (χ0v) is 25.9. The molecule has 1 saturated heterocycles. The molecule has 3 unspecified atom stereocenters. The van der Waals surface area contributed by atoms with Gasteiger partial charge in [-0.1, -0.05) is 25.3 Å². The van der Waals surface area contributed by atoms with Gasteiger partial charge in [0, 0.05) is 29.2 Å². The molecule has 1 aliphatic heterocycles. The SMILES string of the molecule is COc1ccc(C23CCC(NC(=O)Nc4cc(F)cc(C(F)(F)F)c4)CC2N(C2CCCCC2)CC3)cc1OC.O=C(O)C(F)(F)F. The summed E-state index contributed by atoms with van der Waals surface area (Å²) in [6, 6.07) is 8.10. The summed E-state index contributed by atoms with van der Waals surface area (Å²) in [7, 11) is 3.25. The fraction of sp³-hybridized carbons (Fsp3) is 0.562. The summed E-state index contributed by atoms with van der Waals surface area (Å²) >= 11 is 0. The van der Waals surface area contributed by atoms with Crippen molar-refractivity contribution in [2.24, 2.45) is 0 Å². The van der Waals surface area contributed by atoms with E-state index in [9.17, 15) is 35.5 Å². The van der Waals surface area contributed by atoms with Gasteiger partial charge in [-0.25, -0.2) is 14.0 Å². The first-order valence-corrected chi connectivity index (χ1v) is 15.3. The minimum Gasteiger partial charge on any atom is -0.493 e. The van der Waals surface area contributed by atoms with Crippen molar-refractivity contribution in [1.82, 2.24) is 10.2 Å². The number of fused-ring (bicyclic) bond motifs is 1. The average Bonchev–Trinajstić information content (AvgIpc) is 3.40. The topological polar surface area (TPSA) is 100 Å². The minimum absolute atomic E-state index is 0.101. The number of carboxylic acids is 1. The maximum atomic E-state index is 13.8. The smallest absolute Gasteiger partial charge is 0.490 e. The molecule has 47 heavy (non-hydrogen) atoms. The number of hydrogen-bond acceptors (Lipinski definition) is 5. The van der Waals surface area contributed by atoms with E-state index < -0.39 is 35.7 Å². The molecule has 2 aromatic carbocycles. The molecule has 1 heterocycles. The number of ether oxygens (including phenoxy) is 2. The number of likely N-dealkylation sites (tertiary alicyclic amines) is 1. The molecule has 0 spiro atoms. The summed E-state index contributed by atoms with van der Waals surface area (Å²) in [5, 5.41) is 12.5. The molecule has 3 aliphatic rings. The van der Waals surface area contributed by atoms with Crippen LogP contribution in [0.4, 0.5) is 41.2 Å². The minimum atomic E-state index is -5.08. The molecule has 2 aliphatic carbocycles. The Bertz CT molecular complexity index is 1410. The van der Waals surface area contributed by atoms with E-state index in [1.54, 1.807) is 14.2 Å². The van der Waals surface area contributed by atoms with Crippen LogP contribution >= 0.6 is 0 Å². The lowest BCUT2D eigenvalue weighted by Crippen LogP contribution is -2.55. The van der Waals surface area contributed by atoms with Crippen LogP contribution in [0, 0.1) is 5.82 Å². The highest BCUT2D eigenvalue weighted by atomic mass is 19.4. The number of amides is 2. The van der Waals surface area contributed by atoms with Gasteiger partial charge in [0.25, 0.3) is 0 Å². The van der Waals surface area contributed by atoms with E-state index in [1.807, 2.05) is 6.07 Å². The van der Waals surface area contributed by atoms with Crippen LogP contribution in [0.15, 0.2) is 36.4 Å². The molecular formula is C32H38F7N3O5. The number of urea groups is 1. The molecule has 15 heteroatoms. The van der Waals surface area contributed by atoms with Gasteiger partial charge in [-0.2, -0.15) is 26.3 Å². The Hall–Kier alpha value is -3.75. The Kier molecular flexibility index (Phi) is 11.2. The second-order valence-electron chi connectivity index (χ2n) is 12.1. The third-order valence-electron chi connectivity index (χ3n) is 9.36. The zero-order chi connectivity index (χ0) is 34.6. The molecule has 2 aromatic rings. The van der Waals surface area contributed by atoms with Gasteiger partial charge >= 0.3 is 24.4 Å². The van der Waals surface area contributed by atoms with Crippen LogP contribution in [-0.4, -0.2) is 67.1 Å². The van der Waals surface area contributed by atoms with E-state index in [-0.39, 0.29) is 23.2 Å². The lowest BCUT2D eigenvalue weighted by molar-refractivity contribution is -0.192. The van der Waals surface area contributed by atoms with Gasteiger partial charge < -0.3 is 25.2 Å². The second kappa shape index (κ2) is 14.6. The maximum Gasteiger partial charge on any atom is 0.490 e. The number of anilines is 1. The highest BCUT2D eigenvalue weighted by Crippen LogP contribution is 2.52. The molecule has 8 nitrogen and oxygen atoms in total. The third-order valence-corrected chi connectivity index (χ3v) is 9.36. The van der Waals surface area contributed by atoms with Crippen LogP contribution < -0.4 is 20.1 Å². The van der Waals surface area contributed by atoms with Crippen molar-refractivity contribution in [3.63, 3.8) is 0 Å². The molecule has 5 rings (SSSR count). The third kappa shape index (κ3) is 8.59. The summed E-state index contributed by atoms with van der Waals surface area (Å²) in [6.07, 6.45) is -0.484. The van der Waals surface area contributed by atoms with Crippen LogP contribution in [0.3, 0.4) is 0 Å². The number of halogens is 7. The summed E-state index contributed by atoms with van der Waals surface area (Å²) in [5.74, 6) is -2.44. The van der Waals surface area contributed by atoms with E-state index in [0.717, 1.165) is 50.8 Å². The number of methoxy groups -OCH3 is 2. The molecular weight excluding hydrogens is 639 g/mol. The standard InChI is InChI=1S/C30H37F4N3O3.C2HF3O2/c1-39-25-9-8-19(16-26(25)40-2)29-11-10-22(18-27(29)37(13-12-29)24-6-4-3-5-7-24)35-28(38)36-23-15-20(30(32,33)34)14-21(31)17-23;3-2(4,5)1(6)7/h8-9,14-17,22,24,27H,3-7,10-13,18H2,1-2H3,(H2,35,36,38);(H,6,7). The van der Waals surface area contributed by atoms with Crippen LogP contribution in [0.5, 0.6) is 11.5 Å². The quantitative estimate of drug-likeness (QED) is 0.274. The number of carbonyl (C=O) groups is 2. The number of carboxylic acid groups (broad SMARTS) is 1. The average molecular weight is 678 g/mol. The number of aliphatic carboxylic acids is 1. The molecule has 3 N–H and O–H groups in total. The molecule has 0 radical (unpaired) electrons. The highest BCUT2D eigenvalue weighted by Gasteiger charge is 2.53. The maximum absolute atomic E-state index is 13.8. The Morgan fingerprint density at radius 2 is 1.57 bits per heavy atom. The number of alkyl halides is 6. The number of hydrogen-bond donors (Lipinski definition) is 3. The number of nitrogens with zero attached hydrogens (tertiary/aromatic N) is 1. The van der Waals surface area contributed by atoms with Gasteiger partial charge in [0.05, 0.1) is 19.8 Å². The van der Waals surface area contributed by atoms with Crippen molar-refractivity contribution in [2.45, 2.75) is 93.7 Å². The number of nitrogens with one attached hydrogen (secondary N) is 2. The van der Waals surface area contributed by atoms with Crippen LogP contribution in [-0.2, 0) is 16.4 Å². The van der Waals surface area contributed by atoms with Gasteiger partial charge in [-0.3, -0.25) is 4.90 Å². The van der Waals surface area contributed by atoms with Crippen molar-refractivity contribution in [3.8, 4) is 11.5 Å². The van der Waals surface area contributed by atoms with E-state index in [1.165, 1.54) is 24.8 Å². The predicted molar refractivity (Wildman–Crippen MR) is 158 cm³/mol. The zero-order valence-electron chi connectivity index (χ0n) is 25.9. The molecule has 0 bridgehead atoms. The molecule has 260 valence electrons. The van der Waals surface area contributed by atoms with E-state index >= 15 is 0 Å². The summed E-state index contributed by atoms with van der Waals surface area (Å²) < 4.78 is 96.0. The first-order chi connectivity index (χ1) is 22.1. The van der Waals surface area contributed by atoms with Gasteiger partial charge in [0.1, 0.15) is 5.82 Å². The Morgan fingerprint density at radius 3 is 2.17 bits per heavy atom. The fourth-order valence-corrected chi connectivity index (χ4v) is 7.23. The second-order valence-corrected chi connectivity index (χ2v) is 12.1. The van der Waals surface area contributed by atoms with E-state index in [0.29, 0.717) is 30.0 Å². The normalized spacial score (nSPS) is 23.6. The van der Waals surface area contributed by atoms with Gasteiger partial charge in [-0.05, 0) is 81.0 Å². The number of carbonyl (C=O) groups excluding carboxylic acids is 1. The van der Waals surface area contributed by atoms with Crippen LogP contribution in [0.1, 0.15) is 68.9 Å². The predicted octanol–water partition coefficient (Wildman–Crippen LogP) is 7.51. The van der Waals surface area contributed by atoms with Gasteiger partial charge in [0.2, 0.25) is 0 Å². The van der Waals surface area contributed by atoms with Crippen molar-refractivity contribution >= 4 is 17.7 Å². The number of rotatable bonds is 6. The first-order valence-electron chi connectivity index (χ1n) is 15.3. The van der Waals surface area contributed by atoms with Crippen LogP contribution in [0.25, 0.3) is 0 Å². The monoisotopic (exact) mass is 677 g/mol. The molecule has 3 fully saturated rings. The van der Waals surface area contributed by atoms with E-state index in [2.05, 4.69) is 27.7 Å². The van der Waals surface area contributed by atoms with Gasteiger partial charge in [0.15, 0.2) is 11.5 Å². The molecule has 2 amide bonds. The van der Waals surface area contributed by atoms with E-state index in [4.69, 9.17) is 19.4 Å². The molecule has 0 aromatic heterocycles. The lowest BCUT2D eigenvalue weighted by Gasteiger charge is -2.47. The first kappa shape index (κ1) is 36.1. The number of benzene rings is 2. The van der Waals surface area contributed by atoms with Crippen molar-refractivity contribution < 1.29 is 54.9 Å². The van der Waals surface area contributed by atoms with Crippen molar-refractivity contribution in [3.05, 3.63) is 53.3 Å². The lowest BCUT2D eigenvalue weighted by atomic mass is 9.64. The fourth-order valence-electron chi connectivity index (χ4n) is 7.23. The summed E-state index contributed by atoms with van der Waals surface area (Å²) in [6.45, 7) is 0.978. The summed E-state index contributed by atoms with van der Waals surface area (Å²) in [4.78, 5) is 24.4.